The van der Waals surface area contributed by atoms with Gasteiger partial charge in [0.25, 0.3) is 0 Å². The summed E-state index contributed by atoms with van der Waals surface area (Å²) >= 11 is 1.62. The molecule has 0 radical (unpaired) electrons. The highest BCUT2D eigenvalue weighted by molar-refractivity contribution is 7.99. The minimum Gasteiger partial charge on any atom is -0.496 e. The molecular weight excluding hydrogens is 298 g/mol. The monoisotopic (exact) mass is 321 g/mol. The molecule has 0 atom stereocenters. The van der Waals surface area contributed by atoms with E-state index in [2.05, 4.69) is 21.7 Å². The van der Waals surface area contributed by atoms with E-state index in [1.54, 1.807) is 18.9 Å². The first-order valence-electron chi connectivity index (χ1n) is 7.38. The second-order valence-corrected chi connectivity index (χ2v) is 6.72. The number of aromatic nitrogens is 3. The molecule has 5 nitrogen and oxygen atoms in total. The molecule has 1 aromatic carbocycles. The quantitative estimate of drug-likeness (QED) is 0.793. The summed E-state index contributed by atoms with van der Waals surface area (Å²) in [6, 6.07) is 7.81. The van der Waals surface area contributed by atoms with Gasteiger partial charge in [0.15, 0.2) is 11.0 Å². The van der Waals surface area contributed by atoms with Crippen molar-refractivity contribution in [2.45, 2.75) is 44.5 Å². The Kier molecular flexibility index (Phi) is 5.47. The number of aliphatic hydroxyl groups is 1. The molecule has 0 saturated carbocycles. The van der Waals surface area contributed by atoms with E-state index in [9.17, 15) is 5.11 Å². The first kappa shape index (κ1) is 16.8. The number of ether oxygens (including phenoxy) is 1. The van der Waals surface area contributed by atoms with Crippen molar-refractivity contribution in [2.75, 3.05) is 12.9 Å². The van der Waals surface area contributed by atoms with Crippen molar-refractivity contribution in [3.8, 4) is 17.1 Å². The SMILES string of the molecule is CCn1c(SCCC(C)(C)O)nnc1-c1ccccc1OC. The van der Waals surface area contributed by atoms with Crippen LogP contribution in [0, 0.1) is 0 Å². The Morgan fingerprint density at radius 1 is 1.27 bits per heavy atom. The summed E-state index contributed by atoms with van der Waals surface area (Å²) in [7, 11) is 1.66. The van der Waals surface area contributed by atoms with Crippen molar-refractivity contribution < 1.29 is 9.84 Å². The molecule has 0 fully saturated rings. The van der Waals surface area contributed by atoms with Gasteiger partial charge in [0, 0.05) is 12.3 Å². The highest BCUT2D eigenvalue weighted by atomic mass is 32.2. The third kappa shape index (κ3) is 4.01. The number of hydrogen-bond donors (Lipinski definition) is 1. The average molecular weight is 321 g/mol. The van der Waals surface area contributed by atoms with Gasteiger partial charge in [-0.3, -0.25) is 0 Å². The third-order valence-electron chi connectivity index (χ3n) is 3.33. The highest BCUT2D eigenvalue weighted by Gasteiger charge is 2.18. The van der Waals surface area contributed by atoms with Gasteiger partial charge in [-0.1, -0.05) is 23.9 Å². The van der Waals surface area contributed by atoms with Crippen LogP contribution in [0.4, 0.5) is 0 Å². The summed E-state index contributed by atoms with van der Waals surface area (Å²) in [5, 5.41) is 19.3. The molecule has 120 valence electrons. The zero-order chi connectivity index (χ0) is 16.2. The fourth-order valence-corrected chi connectivity index (χ4v) is 3.36. The second kappa shape index (κ2) is 7.15. The standard InChI is InChI=1S/C16H23N3O2S/c1-5-19-14(12-8-6-7-9-13(12)21-4)17-18-15(19)22-11-10-16(2,3)20/h6-9,20H,5,10-11H2,1-4H3. The Labute approximate surface area is 135 Å². The van der Waals surface area contributed by atoms with Crippen LogP contribution in [0.2, 0.25) is 0 Å². The number of benzene rings is 1. The van der Waals surface area contributed by atoms with E-state index in [1.807, 2.05) is 38.1 Å². The minimum absolute atomic E-state index is 0.657. The number of rotatable bonds is 7. The van der Waals surface area contributed by atoms with Gasteiger partial charge in [-0.25, -0.2) is 0 Å². The van der Waals surface area contributed by atoms with Crippen LogP contribution in [-0.4, -0.2) is 38.3 Å². The molecule has 0 bridgehead atoms. The largest absolute Gasteiger partial charge is 0.496 e. The number of hydrogen-bond acceptors (Lipinski definition) is 5. The topological polar surface area (TPSA) is 60.2 Å². The van der Waals surface area contributed by atoms with E-state index >= 15 is 0 Å². The van der Waals surface area contributed by atoms with Crippen LogP contribution in [0.15, 0.2) is 29.4 Å². The van der Waals surface area contributed by atoms with E-state index in [0.717, 1.165) is 34.6 Å². The lowest BCUT2D eigenvalue weighted by molar-refractivity contribution is 0.0777. The van der Waals surface area contributed by atoms with E-state index < -0.39 is 5.60 Å². The number of nitrogens with zero attached hydrogens (tertiary/aromatic N) is 3. The van der Waals surface area contributed by atoms with Crippen LogP contribution in [0.3, 0.4) is 0 Å². The normalized spacial score (nSPS) is 11.7. The molecule has 0 saturated heterocycles. The van der Waals surface area contributed by atoms with E-state index in [0.29, 0.717) is 6.42 Å². The fraction of sp³-hybridized carbons (Fsp3) is 0.500. The minimum atomic E-state index is -0.657. The number of thioether (sulfide) groups is 1. The van der Waals surface area contributed by atoms with Crippen molar-refractivity contribution in [3.63, 3.8) is 0 Å². The van der Waals surface area contributed by atoms with Gasteiger partial charge >= 0.3 is 0 Å². The van der Waals surface area contributed by atoms with Gasteiger partial charge < -0.3 is 14.4 Å². The maximum atomic E-state index is 9.80. The van der Waals surface area contributed by atoms with Crippen molar-refractivity contribution >= 4 is 11.8 Å². The Balaban J connectivity index is 2.24. The maximum absolute atomic E-state index is 9.80. The van der Waals surface area contributed by atoms with Crippen LogP contribution >= 0.6 is 11.8 Å². The molecule has 0 aliphatic heterocycles. The lowest BCUT2D eigenvalue weighted by atomic mass is 10.1. The van der Waals surface area contributed by atoms with Gasteiger partial charge in [0.05, 0.1) is 18.3 Å². The lowest BCUT2D eigenvalue weighted by Crippen LogP contribution is -2.19. The van der Waals surface area contributed by atoms with E-state index in [4.69, 9.17) is 4.74 Å². The van der Waals surface area contributed by atoms with Crippen LogP contribution < -0.4 is 4.74 Å². The van der Waals surface area contributed by atoms with Crippen molar-refractivity contribution in [1.29, 1.82) is 0 Å². The van der Waals surface area contributed by atoms with Gasteiger partial charge in [-0.05, 0) is 39.3 Å². The second-order valence-electron chi connectivity index (χ2n) is 5.66. The Morgan fingerprint density at radius 3 is 2.64 bits per heavy atom. The zero-order valence-electron chi connectivity index (χ0n) is 13.5. The molecule has 0 amide bonds. The average Bonchev–Trinajstić information content (AvgIpc) is 2.88. The van der Waals surface area contributed by atoms with E-state index in [1.165, 1.54) is 0 Å². The third-order valence-corrected chi connectivity index (χ3v) is 4.29. The molecule has 2 aromatic rings. The van der Waals surface area contributed by atoms with Crippen LogP contribution in [0.5, 0.6) is 5.75 Å². The molecule has 2 rings (SSSR count). The predicted molar refractivity (Wildman–Crippen MR) is 89.3 cm³/mol. The Morgan fingerprint density at radius 2 is 2.00 bits per heavy atom. The molecule has 22 heavy (non-hydrogen) atoms. The van der Waals surface area contributed by atoms with Crippen molar-refractivity contribution in [3.05, 3.63) is 24.3 Å². The van der Waals surface area contributed by atoms with Crippen LogP contribution in [-0.2, 0) is 6.54 Å². The highest BCUT2D eigenvalue weighted by Crippen LogP contribution is 2.31. The van der Waals surface area contributed by atoms with Crippen LogP contribution in [0.25, 0.3) is 11.4 Å². The molecule has 1 heterocycles. The first-order valence-corrected chi connectivity index (χ1v) is 8.36. The van der Waals surface area contributed by atoms with Gasteiger partial charge in [-0.15, -0.1) is 10.2 Å². The van der Waals surface area contributed by atoms with E-state index in [-0.39, 0.29) is 0 Å². The molecule has 1 aromatic heterocycles. The molecule has 6 heteroatoms. The summed E-state index contributed by atoms with van der Waals surface area (Å²) in [6.07, 6.45) is 0.707. The first-order chi connectivity index (χ1) is 10.5. The maximum Gasteiger partial charge on any atom is 0.191 e. The molecule has 0 aliphatic rings. The summed E-state index contributed by atoms with van der Waals surface area (Å²) in [4.78, 5) is 0. The summed E-state index contributed by atoms with van der Waals surface area (Å²) in [5.74, 6) is 2.40. The van der Waals surface area contributed by atoms with Gasteiger partial charge in [0.2, 0.25) is 0 Å². The molecule has 0 unspecified atom stereocenters. The van der Waals surface area contributed by atoms with Gasteiger partial charge in [-0.2, -0.15) is 0 Å². The Hall–Kier alpha value is -1.53. The summed E-state index contributed by atoms with van der Waals surface area (Å²) < 4.78 is 7.49. The molecule has 0 spiro atoms. The molecular formula is C16H23N3O2S. The lowest BCUT2D eigenvalue weighted by Gasteiger charge is -2.16. The molecule has 1 N–H and O–H groups in total. The fourth-order valence-electron chi connectivity index (χ4n) is 2.10. The predicted octanol–water partition coefficient (Wildman–Crippen LogP) is 3.23. The number of methoxy groups -OCH3 is 1. The molecule has 0 aliphatic carbocycles. The summed E-state index contributed by atoms with van der Waals surface area (Å²) in [5.41, 5.74) is 0.281. The van der Waals surface area contributed by atoms with Crippen molar-refractivity contribution in [2.24, 2.45) is 0 Å². The summed E-state index contributed by atoms with van der Waals surface area (Å²) in [6.45, 7) is 6.49. The Bertz CT molecular complexity index is 620. The van der Waals surface area contributed by atoms with Gasteiger partial charge in [0.1, 0.15) is 5.75 Å². The van der Waals surface area contributed by atoms with Crippen molar-refractivity contribution in [1.82, 2.24) is 14.8 Å². The van der Waals surface area contributed by atoms with Crippen LogP contribution in [0.1, 0.15) is 27.2 Å². The number of para-hydroxylation sites is 1. The zero-order valence-corrected chi connectivity index (χ0v) is 14.4. The smallest absolute Gasteiger partial charge is 0.191 e.